The lowest BCUT2D eigenvalue weighted by Crippen LogP contribution is -2.51. The van der Waals surface area contributed by atoms with Crippen LogP contribution >= 0.6 is 15.9 Å². The van der Waals surface area contributed by atoms with Crippen molar-refractivity contribution in [3.8, 4) is 0 Å². The third kappa shape index (κ3) is 1.60. The molecular formula is C13H11BrN2O5S. The van der Waals surface area contributed by atoms with Crippen LogP contribution in [0.4, 0.5) is 0 Å². The van der Waals surface area contributed by atoms with Crippen molar-refractivity contribution in [3.05, 3.63) is 28.2 Å². The molecule has 1 atom stereocenters. The molecule has 1 saturated heterocycles. The number of benzene rings is 1. The zero-order valence-corrected chi connectivity index (χ0v) is 14.1. The van der Waals surface area contributed by atoms with E-state index in [9.17, 15) is 22.8 Å². The fourth-order valence-electron chi connectivity index (χ4n) is 3.08. The van der Waals surface area contributed by atoms with Gasteiger partial charge in [0.2, 0.25) is 11.8 Å². The van der Waals surface area contributed by atoms with Crippen LogP contribution in [-0.2, 0) is 29.9 Å². The number of carbonyl (C=O) groups is 3. The molecule has 1 fully saturated rings. The summed E-state index contributed by atoms with van der Waals surface area (Å²) in [5.74, 6) is -2.04. The Morgan fingerprint density at radius 1 is 1.32 bits per heavy atom. The molecule has 3 amide bonds. The Morgan fingerprint density at radius 2 is 1.95 bits per heavy atom. The Morgan fingerprint density at radius 3 is 2.45 bits per heavy atom. The molecule has 0 N–H and O–H groups in total. The van der Waals surface area contributed by atoms with Crippen molar-refractivity contribution in [1.82, 2.24) is 9.21 Å². The number of halogens is 1. The van der Waals surface area contributed by atoms with Crippen LogP contribution in [0.2, 0.25) is 0 Å². The van der Waals surface area contributed by atoms with Gasteiger partial charge in [-0.05, 0) is 12.1 Å². The van der Waals surface area contributed by atoms with E-state index in [0.29, 0.717) is 8.78 Å². The minimum Gasteiger partial charge on any atom is -0.283 e. The number of hydrogen-bond acceptors (Lipinski definition) is 5. The van der Waals surface area contributed by atoms with Gasteiger partial charge in [-0.2, -0.15) is 0 Å². The number of hydrogen-bond donors (Lipinski definition) is 0. The van der Waals surface area contributed by atoms with Crippen LogP contribution in [-0.4, -0.2) is 42.4 Å². The second kappa shape index (κ2) is 4.39. The van der Waals surface area contributed by atoms with Crippen molar-refractivity contribution in [2.75, 3.05) is 7.05 Å². The summed E-state index contributed by atoms with van der Waals surface area (Å²) in [5, 5.41) is 0. The predicted octanol–water partition coefficient (Wildman–Crippen LogP) is 0.584. The molecule has 2 aliphatic heterocycles. The third-order valence-electron chi connectivity index (χ3n) is 3.98. The molecule has 1 unspecified atom stereocenters. The molecule has 22 heavy (non-hydrogen) atoms. The van der Waals surface area contributed by atoms with Crippen molar-refractivity contribution in [2.45, 2.75) is 23.8 Å². The van der Waals surface area contributed by atoms with E-state index in [-0.39, 0.29) is 16.9 Å². The summed E-state index contributed by atoms with van der Waals surface area (Å²) >= 11 is 3.18. The van der Waals surface area contributed by atoms with E-state index in [4.69, 9.17) is 0 Å². The van der Waals surface area contributed by atoms with Crippen LogP contribution in [0.1, 0.15) is 18.9 Å². The van der Waals surface area contributed by atoms with E-state index in [0.717, 1.165) is 11.8 Å². The first-order chi connectivity index (χ1) is 10.1. The monoisotopic (exact) mass is 386 g/mol. The van der Waals surface area contributed by atoms with Gasteiger partial charge in [0.15, 0.2) is 5.54 Å². The molecule has 1 spiro atoms. The molecule has 0 radical (unpaired) electrons. The number of carbonyl (C=O) groups excluding carboxylic acids is 3. The Hall–Kier alpha value is -1.74. The molecule has 3 rings (SSSR count). The van der Waals surface area contributed by atoms with E-state index in [1.807, 2.05) is 0 Å². The summed E-state index contributed by atoms with van der Waals surface area (Å²) in [7, 11) is -2.91. The van der Waals surface area contributed by atoms with Gasteiger partial charge in [-0.1, -0.05) is 22.0 Å². The number of rotatable bonds is 0. The Kier molecular flexibility index (Phi) is 3.02. The summed E-state index contributed by atoms with van der Waals surface area (Å²) in [6.45, 7) is 1.07. The van der Waals surface area contributed by atoms with Crippen LogP contribution in [0.5, 0.6) is 0 Å². The SMILES string of the molecule is CC(=O)N1C2(CC(=O)N(C)C2=O)c2ccc(Br)cc2S1(=O)=O. The summed E-state index contributed by atoms with van der Waals surface area (Å²) in [6.07, 6.45) is -0.379. The highest BCUT2D eigenvalue weighted by atomic mass is 79.9. The van der Waals surface area contributed by atoms with Gasteiger partial charge in [-0.15, -0.1) is 0 Å². The van der Waals surface area contributed by atoms with Gasteiger partial charge < -0.3 is 0 Å². The average Bonchev–Trinajstić information content (AvgIpc) is 2.74. The van der Waals surface area contributed by atoms with Gasteiger partial charge in [-0.25, -0.2) is 12.7 Å². The third-order valence-corrected chi connectivity index (χ3v) is 6.42. The zero-order valence-electron chi connectivity index (χ0n) is 11.7. The lowest BCUT2D eigenvalue weighted by Gasteiger charge is -2.30. The minimum absolute atomic E-state index is 0.131. The number of imide groups is 1. The first-order valence-corrected chi connectivity index (χ1v) is 8.54. The van der Waals surface area contributed by atoms with E-state index in [1.165, 1.54) is 19.2 Å². The molecule has 0 saturated carbocycles. The summed E-state index contributed by atoms with van der Waals surface area (Å²) in [6, 6.07) is 4.38. The number of nitrogens with zero attached hydrogens (tertiary/aromatic N) is 2. The van der Waals surface area contributed by atoms with Crippen LogP contribution in [0.25, 0.3) is 0 Å². The maximum Gasteiger partial charge on any atom is 0.268 e. The molecule has 1 aromatic rings. The number of likely N-dealkylation sites (N-methyl/N-ethyl adjacent to an activating group) is 1. The molecule has 2 aliphatic rings. The maximum absolute atomic E-state index is 12.7. The quantitative estimate of drug-likeness (QED) is 0.608. The lowest BCUT2D eigenvalue weighted by molar-refractivity contribution is -0.143. The van der Waals surface area contributed by atoms with Crippen LogP contribution in [0.15, 0.2) is 27.6 Å². The second-order valence-electron chi connectivity index (χ2n) is 5.22. The highest BCUT2D eigenvalue weighted by Gasteiger charge is 2.65. The van der Waals surface area contributed by atoms with Crippen molar-refractivity contribution in [2.24, 2.45) is 0 Å². The normalized spacial score (nSPS) is 26.0. The van der Waals surface area contributed by atoms with Crippen molar-refractivity contribution < 1.29 is 22.8 Å². The molecule has 2 heterocycles. The average molecular weight is 387 g/mol. The highest BCUT2D eigenvalue weighted by molar-refractivity contribution is 9.10. The maximum atomic E-state index is 12.7. The number of sulfonamides is 1. The Bertz CT molecular complexity index is 850. The van der Waals surface area contributed by atoms with Gasteiger partial charge in [0.05, 0.1) is 11.3 Å². The molecule has 0 aliphatic carbocycles. The molecule has 116 valence electrons. The van der Waals surface area contributed by atoms with Crippen LogP contribution in [0, 0.1) is 0 Å². The molecule has 7 nitrogen and oxygen atoms in total. The summed E-state index contributed by atoms with van der Waals surface area (Å²) < 4.78 is 26.4. The van der Waals surface area contributed by atoms with E-state index in [2.05, 4.69) is 15.9 Å². The van der Waals surface area contributed by atoms with Crippen molar-refractivity contribution >= 4 is 43.7 Å². The highest BCUT2D eigenvalue weighted by Crippen LogP contribution is 2.50. The predicted molar refractivity (Wildman–Crippen MR) is 77.9 cm³/mol. The van der Waals surface area contributed by atoms with Crippen molar-refractivity contribution in [3.63, 3.8) is 0 Å². The molecular weight excluding hydrogens is 376 g/mol. The van der Waals surface area contributed by atoms with E-state index < -0.39 is 33.3 Å². The van der Waals surface area contributed by atoms with Crippen molar-refractivity contribution in [1.29, 1.82) is 0 Å². The molecule has 9 heteroatoms. The van der Waals surface area contributed by atoms with Gasteiger partial charge >= 0.3 is 0 Å². The Labute approximate surface area is 135 Å². The van der Waals surface area contributed by atoms with Gasteiger partial charge in [-0.3, -0.25) is 19.3 Å². The first kappa shape index (κ1) is 15.2. The fraction of sp³-hybridized carbons (Fsp3) is 0.308. The fourth-order valence-corrected chi connectivity index (χ4v) is 5.56. The largest absolute Gasteiger partial charge is 0.283 e. The molecule has 0 bridgehead atoms. The van der Waals surface area contributed by atoms with E-state index in [1.54, 1.807) is 6.07 Å². The standard InChI is InChI=1S/C13H11BrN2O5S/c1-7(17)16-13(6-11(18)15(2)12(13)19)9-4-3-8(14)5-10(9)22(16,20)21/h3-5H,6H2,1-2H3. The second-order valence-corrected chi connectivity index (χ2v) is 7.89. The summed E-state index contributed by atoms with van der Waals surface area (Å²) in [5.41, 5.74) is -1.64. The molecule has 1 aromatic carbocycles. The van der Waals surface area contributed by atoms with Gasteiger partial charge in [0.25, 0.3) is 15.9 Å². The summed E-state index contributed by atoms with van der Waals surface area (Å²) in [4.78, 5) is 37.3. The number of likely N-dealkylation sites (tertiary alicyclic amines) is 1. The number of fused-ring (bicyclic) bond motifs is 2. The lowest BCUT2D eigenvalue weighted by atomic mass is 9.88. The van der Waals surface area contributed by atoms with Gasteiger partial charge in [0, 0.05) is 24.0 Å². The first-order valence-electron chi connectivity index (χ1n) is 6.31. The Balaban J connectivity index is 2.42. The zero-order chi connectivity index (χ0) is 16.4. The van der Waals surface area contributed by atoms with E-state index >= 15 is 0 Å². The minimum atomic E-state index is -4.19. The van der Waals surface area contributed by atoms with Crippen LogP contribution < -0.4 is 0 Å². The topological polar surface area (TPSA) is 91.8 Å². The van der Waals surface area contributed by atoms with Crippen LogP contribution in [0.3, 0.4) is 0 Å². The smallest absolute Gasteiger partial charge is 0.268 e. The molecule has 0 aromatic heterocycles. The van der Waals surface area contributed by atoms with Gasteiger partial charge in [0.1, 0.15) is 0 Å². The number of amides is 3.